The topological polar surface area (TPSA) is 28.7 Å². The number of fused-ring (bicyclic) bond motifs is 1. The van der Waals surface area contributed by atoms with Gasteiger partial charge in [0.2, 0.25) is 0 Å². The number of nitrogens with zero attached hydrogens (tertiary/aromatic N) is 1. The van der Waals surface area contributed by atoms with Gasteiger partial charge in [0.25, 0.3) is 0 Å². The molecule has 1 N–H and O–H groups in total. The zero-order chi connectivity index (χ0) is 8.55. The van der Waals surface area contributed by atoms with Crippen LogP contribution in [0.4, 0.5) is 0 Å². The molecule has 2 nitrogen and oxygen atoms in total. The quantitative estimate of drug-likeness (QED) is 0.675. The highest BCUT2D eigenvalue weighted by atomic mass is 15.1. The molecule has 1 heterocycles. The van der Waals surface area contributed by atoms with Gasteiger partial charge in [-0.25, -0.2) is 0 Å². The van der Waals surface area contributed by atoms with Crippen molar-refractivity contribution in [1.29, 1.82) is 0 Å². The van der Waals surface area contributed by atoms with Crippen LogP contribution in [-0.2, 0) is 6.42 Å². The molecule has 64 valence electrons. The molecule has 1 aliphatic rings. The van der Waals surface area contributed by atoms with E-state index in [-0.39, 0.29) is 0 Å². The van der Waals surface area contributed by atoms with Crippen LogP contribution in [0.1, 0.15) is 43.1 Å². The average molecular weight is 162 g/mol. The summed E-state index contributed by atoms with van der Waals surface area (Å²) < 4.78 is 0. The van der Waals surface area contributed by atoms with E-state index in [2.05, 4.69) is 36.2 Å². The highest BCUT2D eigenvalue weighted by Crippen LogP contribution is 2.25. The molecule has 0 atom stereocenters. The van der Waals surface area contributed by atoms with Gasteiger partial charge in [-0.05, 0) is 18.8 Å². The molecule has 1 aliphatic carbocycles. The summed E-state index contributed by atoms with van der Waals surface area (Å²) in [5, 5.41) is 7.43. The summed E-state index contributed by atoms with van der Waals surface area (Å²) in [5.41, 5.74) is 3.85. The summed E-state index contributed by atoms with van der Waals surface area (Å²) in [4.78, 5) is 0. The van der Waals surface area contributed by atoms with E-state index in [4.69, 9.17) is 0 Å². The monoisotopic (exact) mass is 162 g/mol. The van der Waals surface area contributed by atoms with Crippen molar-refractivity contribution in [3.63, 3.8) is 0 Å². The normalized spacial score (nSPS) is 15.2. The van der Waals surface area contributed by atoms with Crippen LogP contribution in [-0.4, -0.2) is 10.2 Å². The standard InChI is InChI=1S/C10H14N2/c1-7(2)10-8-5-3-4-6-9(8)11-12-10/h3,5,7H,4,6H2,1-2H3,(H,11,12). The van der Waals surface area contributed by atoms with Crippen LogP contribution in [0, 0.1) is 0 Å². The van der Waals surface area contributed by atoms with Crippen molar-refractivity contribution in [2.45, 2.75) is 32.6 Å². The second-order valence-corrected chi connectivity index (χ2v) is 3.60. The Kier molecular flexibility index (Phi) is 1.75. The lowest BCUT2D eigenvalue weighted by Crippen LogP contribution is -1.94. The number of aromatic nitrogens is 2. The Bertz CT molecular complexity index is 308. The van der Waals surface area contributed by atoms with E-state index >= 15 is 0 Å². The number of rotatable bonds is 1. The van der Waals surface area contributed by atoms with Gasteiger partial charge in [-0.15, -0.1) is 0 Å². The van der Waals surface area contributed by atoms with Crippen molar-refractivity contribution in [3.05, 3.63) is 23.0 Å². The van der Waals surface area contributed by atoms with E-state index in [1.165, 1.54) is 17.0 Å². The first-order chi connectivity index (χ1) is 5.79. The number of nitrogens with one attached hydrogen (secondary N) is 1. The Morgan fingerprint density at radius 1 is 1.50 bits per heavy atom. The van der Waals surface area contributed by atoms with Gasteiger partial charge in [-0.3, -0.25) is 5.10 Å². The van der Waals surface area contributed by atoms with Crippen molar-refractivity contribution in [1.82, 2.24) is 10.2 Å². The summed E-state index contributed by atoms with van der Waals surface area (Å²) in [6.07, 6.45) is 6.68. The summed E-state index contributed by atoms with van der Waals surface area (Å²) >= 11 is 0. The number of aryl methyl sites for hydroxylation is 1. The zero-order valence-electron chi connectivity index (χ0n) is 7.59. The molecule has 0 radical (unpaired) electrons. The second-order valence-electron chi connectivity index (χ2n) is 3.60. The first kappa shape index (κ1) is 7.59. The van der Waals surface area contributed by atoms with Gasteiger partial charge < -0.3 is 0 Å². The first-order valence-electron chi connectivity index (χ1n) is 4.52. The first-order valence-corrected chi connectivity index (χ1v) is 4.52. The van der Waals surface area contributed by atoms with Gasteiger partial charge in [0, 0.05) is 11.3 Å². The lowest BCUT2D eigenvalue weighted by atomic mass is 9.98. The molecule has 0 aromatic carbocycles. The van der Waals surface area contributed by atoms with Crippen molar-refractivity contribution in [2.24, 2.45) is 0 Å². The Labute approximate surface area is 72.7 Å². The Morgan fingerprint density at radius 3 is 3.08 bits per heavy atom. The molecule has 0 saturated heterocycles. The number of H-pyrrole nitrogens is 1. The number of aromatic amines is 1. The maximum atomic E-state index is 4.32. The lowest BCUT2D eigenvalue weighted by molar-refractivity contribution is 0.807. The fourth-order valence-corrected chi connectivity index (χ4v) is 1.65. The maximum absolute atomic E-state index is 4.32. The van der Waals surface area contributed by atoms with E-state index in [0.717, 1.165) is 12.8 Å². The van der Waals surface area contributed by atoms with Crippen LogP contribution >= 0.6 is 0 Å². The van der Waals surface area contributed by atoms with Crippen molar-refractivity contribution >= 4 is 6.08 Å². The summed E-state index contributed by atoms with van der Waals surface area (Å²) in [5.74, 6) is 0.521. The minimum Gasteiger partial charge on any atom is -0.282 e. The summed E-state index contributed by atoms with van der Waals surface area (Å²) in [7, 11) is 0. The molecule has 0 spiro atoms. The predicted molar refractivity (Wildman–Crippen MR) is 50.0 cm³/mol. The van der Waals surface area contributed by atoms with Gasteiger partial charge in [0.15, 0.2) is 0 Å². The zero-order valence-corrected chi connectivity index (χ0v) is 7.59. The Hall–Kier alpha value is -1.05. The Balaban J connectivity index is 2.47. The van der Waals surface area contributed by atoms with Crippen LogP contribution in [0.25, 0.3) is 6.08 Å². The van der Waals surface area contributed by atoms with E-state index in [0.29, 0.717) is 5.92 Å². The summed E-state index contributed by atoms with van der Waals surface area (Å²) in [6.45, 7) is 4.36. The third-order valence-corrected chi connectivity index (χ3v) is 2.30. The molecule has 0 unspecified atom stereocenters. The lowest BCUT2D eigenvalue weighted by Gasteiger charge is -2.06. The van der Waals surface area contributed by atoms with Crippen LogP contribution in [0.3, 0.4) is 0 Å². The second kappa shape index (κ2) is 2.77. The van der Waals surface area contributed by atoms with E-state index in [1.54, 1.807) is 0 Å². The largest absolute Gasteiger partial charge is 0.282 e. The van der Waals surface area contributed by atoms with Crippen LogP contribution in [0.15, 0.2) is 6.08 Å². The molecule has 1 aromatic rings. The Morgan fingerprint density at radius 2 is 2.33 bits per heavy atom. The molecule has 0 aliphatic heterocycles. The SMILES string of the molecule is CC(C)c1n[nH]c2c1C=CCC2. The molecule has 0 bridgehead atoms. The minimum atomic E-state index is 0.521. The minimum absolute atomic E-state index is 0.521. The molecule has 2 heteroatoms. The van der Waals surface area contributed by atoms with E-state index < -0.39 is 0 Å². The number of hydrogen-bond donors (Lipinski definition) is 1. The van der Waals surface area contributed by atoms with Crippen molar-refractivity contribution in [3.8, 4) is 0 Å². The fourth-order valence-electron chi connectivity index (χ4n) is 1.65. The van der Waals surface area contributed by atoms with Gasteiger partial charge in [0.05, 0.1) is 5.69 Å². The summed E-state index contributed by atoms with van der Waals surface area (Å²) in [6, 6.07) is 0. The fraction of sp³-hybridized carbons (Fsp3) is 0.500. The maximum Gasteiger partial charge on any atom is 0.0722 e. The van der Waals surface area contributed by atoms with Crippen molar-refractivity contribution in [2.75, 3.05) is 0 Å². The number of hydrogen-bond acceptors (Lipinski definition) is 1. The molecular formula is C10H14N2. The number of allylic oxidation sites excluding steroid dienone is 1. The van der Waals surface area contributed by atoms with Gasteiger partial charge in [-0.2, -0.15) is 5.10 Å². The predicted octanol–water partition coefficient (Wildman–Crippen LogP) is 2.49. The van der Waals surface area contributed by atoms with Gasteiger partial charge in [0.1, 0.15) is 0 Å². The molecule has 12 heavy (non-hydrogen) atoms. The molecule has 0 fully saturated rings. The van der Waals surface area contributed by atoms with E-state index in [1.807, 2.05) is 0 Å². The van der Waals surface area contributed by atoms with Crippen LogP contribution in [0.2, 0.25) is 0 Å². The third kappa shape index (κ3) is 1.07. The third-order valence-electron chi connectivity index (χ3n) is 2.30. The molecule has 0 saturated carbocycles. The highest BCUT2D eigenvalue weighted by molar-refractivity contribution is 5.57. The van der Waals surface area contributed by atoms with Gasteiger partial charge in [-0.1, -0.05) is 26.0 Å². The molecule has 0 amide bonds. The molecular weight excluding hydrogens is 148 g/mol. The average Bonchev–Trinajstić information content (AvgIpc) is 2.47. The smallest absolute Gasteiger partial charge is 0.0722 e. The molecule has 1 aromatic heterocycles. The van der Waals surface area contributed by atoms with Gasteiger partial charge >= 0.3 is 0 Å². The molecule has 2 rings (SSSR count). The highest BCUT2D eigenvalue weighted by Gasteiger charge is 2.14. The van der Waals surface area contributed by atoms with Crippen molar-refractivity contribution < 1.29 is 0 Å². The van der Waals surface area contributed by atoms with Crippen LogP contribution < -0.4 is 0 Å². The van der Waals surface area contributed by atoms with Crippen LogP contribution in [0.5, 0.6) is 0 Å². The van der Waals surface area contributed by atoms with E-state index in [9.17, 15) is 0 Å².